The lowest BCUT2D eigenvalue weighted by Gasteiger charge is -2.33. The van der Waals surface area contributed by atoms with Crippen LogP contribution in [-0.2, 0) is 16.0 Å². The Morgan fingerprint density at radius 2 is 1.96 bits per heavy atom. The number of hydrogen-bond donors (Lipinski definition) is 2. The van der Waals surface area contributed by atoms with Gasteiger partial charge in [0, 0.05) is 0 Å². The standard InChI is InChI=1S/C16H18ClNO5S/c17-11-7-10(8-12-14(11)23-4-3-22-12)9-13(19)18-16(15(20)21)1-5-24-6-2-16/h7-8H,1-6,9H2,(H,18,19)(H,20,21). The number of carbonyl (C=O) groups is 2. The minimum Gasteiger partial charge on any atom is -0.486 e. The van der Waals surface area contributed by atoms with Crippen molar-refractivity contribution < 1.29 is 24.2 Å². The molecule has 0 aliphatic carbocycles. The summed E-state index contributed by atoms with van der Waals surface area (Å²) in [6, 6.07) is 3.36. The number of thioether (sulfide) groups is 1. The molecule has 0 unspecified atom stereocenters. The van der Waals surface area contributed by atoms with Crippen LogP contribution in [0, 0.1) is 0 Å². The molecule has 0 saturated carbocycles. The number of hydrogen-bond acceptors (Lipinski definition) is 5. The van der Waals surface area contributed by atoms with E-state index < -0.39 is 11.5 Å². The fourth-order valence-corrected chi connectivity index (χ4v) is 4.35. The summed E-state index contributed by atoms with van der Waals surface area (Å²) in [5, 5.41) is 12.6. The number of carboxylic acid groups (broad SMARTS) is 1. The number of carbonyl (C=O) groups excluding carboxylic acids is 1. The van der Waals surface area contributed by atoms with E-state index >= 15 is 0 Å². The van der Waals surface area contributed by atoms with Crippen molar-refractivity contribution in [3.05, 3.63) is 22.7 Å². The topological polar surface area (TPSA) is 84.9 Å². The van der Waals surface area contributed by atoms with Crippen LogP contribution < -0.4 is 14.8 Å². The molecule has 0 aromatic heterocycles. The van der Waals surface area contributed by atoms with Crippen LogP contribution in [-0.4, -0.2) is 47.2 Å². The van der Waals surface area contributed by atoms with Crippen molar-refractivity contribution >= 4 is 35.2 Å². The zero-order valence-corrected chi connectivity index (χ0v) is 14.5. The quantitative estimate of drug-likeness (QED) is 0.843. The second-order valence-corrected chi connectivity index (χ2v) is 7.46. The van der Waals surface area contributed by atoms with Gasteiger partial charge in [-0.25, -0.2) is 4.79 Å². The summed E-state index contributed by atoms with van der Waals surface area (Å²) in [6.07, 6.45) is 0.903. The maximum atomic E-state index is 12.4. The summed E-state index contributed by atoms with van der Waals surface area (Å²) < 4.78 is 10.9. The fraction of sp³-hybridized carbons (Fsp3) is 0.500. The molecule has 0 atom stereocenters. The van der Waals surface area contributed by atoms with Gasteiger partial charge in [0.05, 0.1) is 11.4 Å². The zero-order valence-electron chi connectivity index (χ0n) is 13.0. The van der Waals surface area contributed by atoms with E-state index in [0.29, 0.717) is 48.1 Å². The molecule has 0 bridgehead atoms. The van der Waals surface area contributed by atoms with Gasteiger partial charge in [0.2, 0.25) is 5.91 Å². The van der Waals surface area contributed by atoms with Gasteiger partial charge < -0.3 is 19.9 Å². The first-order chi connectivity index (χ1) is 11.5. The van der Waals surface area contributed by atoms with Crippen LogP contribution in [0.1, 0.15) is 18.4 Å². The Bertz CT molecular complexity index is 660. The third-order valence-electron chi connectivity index (χ3n) is 4.16. The molecular weight excluding hydrogens is 354 g/mol. The molecule has 1 aromatic carbocycles. The first-order valence-corrected chi connectivity index (χ1v) is 9.24. The molecule has 8 heteroatoms. The summed E-state index contributed by atoms with van der Waals surface area (Å²) in [5.74, 6) is 1.13. The van der Waals surface area contributed by atoms with E-state index in [9.17, 15) is 14.7 Å². The summed E-state index contributed by atoms with van der Waals surface area (Å²) in [6.45, 7) is 0.866. The minimum absolute atomic E-state index is 0.0402. The van der Waals surface area contributed by atoms with Gasteiger partial charge in [-0.15, -0.1) is 0 Å². The highest BCUT2D eigenvalue weighted by Crippen LogP contribution is 2.38. The van der Waals surface area contributed by atoms with Crippen LogP contribution in [0.5, 0.6) is 11.5 Å². The molecule has 1 amide bonds. The smallest absolute Gasteiger partial charge is 0.329 e. The molecule has 3 rings (SSSR count). The Morgan fingerprint density at radius 1 is 1.25 bits per heavy atom. The third-order valence-corrected chi connectivity index (χ3v) is 5.42. The van der Waals surface area contributed by atoms with Crippen LogP contribution in [0.2, 0.25) is 5.02 Å². The molecule has 0 spiro atoms. The van der Waals surface area contributed by atoms with Gasteiger partial charge in [0.25, 0.3) is 0 Å². The Kier molecular flexibility index (Phi) is 5.10. The Labute approximate surface area is 148 Å². The van der Waals surface area contributed by atoms with Gasteiger partial charge >= 0.3 is 5.97 Å². The highest BCUT2D eigenvalue weighted by atomic mass is 35.5. The number of nitrogens with one attached hydrogen (secondary N) is 1. The molecule has 2 heterocycles. The van der Waals surface area contributed by atoms with Gasteiger partial charge in [0.1, 0.15) is 18.8 Å². The maximum Gasteiger partial charge on any atom is 0.329 e. The number of fused-ring (bicyclic) bond motifs is 1. The lowest BCUT2D eigenvalue weighted by Crippen LogP contribution is -2.56. The highest BCUT2D eigenvalue weighted by Gasteiger charge is 2.41. The van der Waals surface area contributed by atoms with Gasteiger partial charge in [-0.1, -0.05) is 11.6 Å². The van der Waals surface area contributed by atoms with Gasteiger partial charge in [-0.3, -0.25) is 4.79 Å². The summed E-state index contributed by atoms with van der Waals surface area (Å²) >= 11 is 7.87. The highest BCUT2D eigenvalue weighted by molar-refractivity contribution is 7.99. The molecule has 1 aromatic rings. The third kappa shape index (κ3) is 3.57. The number of ether oxygens (including phenoxy) is 2. The number of aliphatic carboxylic acids is 1. The van der Waals surface area contributed by atoms with Crippen molar-refractivity contribution in [2.45, 2.75) is 24.8 Å². The second kappa shape index (κ2) is 7.11. The van der Waals surface area contributed by atoms with E-state index in [1.165, 1.54) is 0 Å². The van der Waals surface area contributed by atoms with Gasteiger partial charge in [-0.2, -0.15) is 11.8 Å². The maximum absolute atomic E-state index is 12.4. The van der Waals surface area contributed by atoms with Crippen LogP contribution in [0.3, 0.4) is 0 Å². The first-order valence-electron chi connectivity index (χ1n) is 7.70. The van der Waals surface area contributed by atoms with E-state index in [2.05, 4.69) is 5.32 Å². The van der Waals surface area contributed by atoms with Crippen LogP contribution >= 0.6 is 23.4 Å². The number of amides is 1. The molecule has 6 nitrogen and oxygen atoms in total. The average molecular weight is 372 g/mol. The van der Waals surface area contributed by atoms with Gasteiger partial charge in [-0.05, 0) is 42.0 Å². The number of rotatable bonds is 4. The summed E-state index contributed by atoms with van der Waals surface area (Å²) in [7, 11) is 0. The fourth-order valence-electron chi connectivity index (χ4n) is 2.87. The molecule has 2 aliphatic heterocycles. The molecule has 1 saturated heterocycles. The zero-order chi connectivity index (χ0) is 17.2. The van der Waals surface area contributed by atoms with Crippen molar-refractivity contribution in [2.75, 3.05) is 24.7 Å². The largest absolute Gasteiger partial charge is 0.486 e. The molecule has 2 aliphatic rings. The number of halogens is 1. The van der Waals surface area contributed by atoms with E-state index in [1.54, 1.807) is 23.9 Å². The molecular formula is C16H18ClNO5S. The van der Waals surface area contributed by atoms with Crippen molar-refractivity contribution in [1.82, 2.24) is 5.32 Å². The van der Waals surface area contributed by atoms with E-state index in [0.717, 1.165) is 11.5 Å². The van der Waals surface area contributed by atoms with E-state index in [-0.39, 0.29) is 12.3 Å². The van der Waals surface area contributed by atoms with Crippen molar-refractivity contribution in [3.63, 3.8) is 0 Å². The lowest BCUT2D eigenvalue weighted by atomic mass is 9.92. The van der Waals surface area contributed by atoms with Crippen molar-refractivity contribution in [1.29, 1.82) is 0 Å². The second-order valence-electron chi connectivity index (χ2n) is 5.83. The predicted octanol–water partition coefficient (Wildman–Crippen LogP) is 2.12. The average Bonchev–Trinajstić information content (AvgIpc) is 2.55. The summed E-state index contributed by atoms with van der Waals surface area (Å²) in [5.41, 5.74) is -0.507. The van der Waals surface area contributed by atoms with Crippen LogP contribution in [0.15, 0.2) is 12.1 Å². The molecule has 1 fully saturated rings. The van der Waals surface area contributed by atoms with E-state index in [1.807, 2.05) is 0 Å². The molecule has 2 N–H and O–H groups in total. The van der Waals surface area contributed by atoms with Crippen LogP contribution in [0.4, 0.5) is 0 Å². The van der Waals surface area contributed by atoms with Gasteiger partial charge in [0.15, 0.2) is 11.5 Å². The normalized spacial score (nSPS) is 18.7. The summed E-state index contributed by atoms with van der Waals surface area (Å²) in [4.78, 5) is 24.0. The first kappa shape index (κ1) is 17.2. The van der Waals surface area contributed by atoms with Crippen LogP contribution in [0.25, 0.3) is 0 Å². The van der Waals surface area contributed by atoms with Crippen molar-refractivity contribution in [2.24, 2.45) is 0 Å². The lowest BCUT2D eigenvalue weighted by molar-refractivity contribution is -0.148. The molecule has 24 heavy (non-hydrogen) atoms. The Hall–Kier alpha value is -1.60. The number of carboxylic acids is 1. The molecule has 130 valence electrons. The number of benzene rings is 1. The Morgan fingerprint density at radius 3 is 2.67 bits per heavy atom. The van der Waals surface area contributed by atoms with Crippen molar-refractivity contribution in [3.8, 4) is 11.5 Å². The monoisotopic (exact) mass is 371 g/mol. The molecule has 0 radical (unpaired) electrons. The minimum atomic E-state index is -1.17. The van der Waals surface area contributed by atoms with E-state index in [4.69, 9.17) is 21.1 Å². The predicted molar refractivity (Wildman–Crippen MR) is 91.2 cm³/mol. The SMILES string of the molecule is O=C(Cc1cc(Cl)c2c(c1)OCCO2)NC1(C(=O)O)CCSCC1. The Balaban J connectivity index is 1.72.